The largest absolute Gasteiger partial charge is 0.330 e. The number of H-pyrrole nitrogens is 1. The van der Waals surface area contributed by atoms with Gasteiger partial charge in [0, 0.05) is 34.6 Å². The highest BCUT2D eigenvalue weighted by Gasteiger charge is 2.44. The number of likely N-dealkylation sites (N-methyl/N-ethyl adjacent to an activating group) is 1. The minimum absolute atomic E-state index is 0.224. The molecule has 48 heavy (non-hydrogen) atoms. The lowest BCUT2D eigenvalue weighted by atomic mass is 10.0. The predicted octanol–water partition coefficient (Wildman–Crippen LogP) is 5.42. The Morgan fingerprint density at radius 1 is 1.00 bits per heavy atom. The molecule has 250 valence electrons. The first-order chi connectivity index (χ1) is 22.8. The maximum atomic E-state index is 13.6. The number of rotatable bonds is 12. The van der Waals surface area contributed by atoms with Gasteiger partial charge < -0.3 is 31.1 Å². The summed E-state index contributed by atoms with van der Waals surface area (Å²) in [5.74, 6) is -0.850. The number of fused-ring (bicyclic) bond motifs is 1. The molecule has 1 aliphatic heterocycles. The fourth-order valence-corrected chi connectivity index (χ4v) is 5.22. The molecule has 1 aliphatic rings. The summed E-state index contributed by atoms with van der Waals surface area (Å²) in [6, 6.07) is 12.3. The fraction of sp³-hybridized carbons (Fsp3) is 0.250. The van der Waals surface area contributed by atoms with Crippen molar-refractivity contribution in [1.82, 2.24) is 25.3 Å². The van der Waals surface area contributed by atoms with Gasteiger partial charge in [0.1, 0.15) is 0 Å². The maximum absolute atomic E-state index is 13.6. The van der Waals surface area contributed by atoms with Crippen molar-refractivity contribution in [2.24, 2.45) is 0 Å². The number of nitrogens with one attached hydrogen (secondary N) is 5. The minimum atomic E-state index is -0.736. The first kappa shape index (κ1) is 35.1. The van der Waals surface area contributed by atoms with Crippen LogP contribution < -0.4 is 21.3 Å². The molecule has 0 radical (unpaired) electrons. The van der Waals surface area contributed by atoms with Gasteiger partial charge in [0.15, 0.2) is 5.82 Å². The minimum Gasteiger partial charge on any atom is -0.330 e. The van der Waals surface area contributed by atoms with Crippen LogP contribution in [-0.2, 0) is 16.9 Å². The average Bonchev–Trinajstić information content (AvgIpc) is 3.57. The summed E-state index contributed by atoms with van der Waals surface area (Å²) in [6.45, 7) is 14.1. The van der Waals surface area contributed by atoms with E-state index in [-0.39, 0.29) is 30.4 Å². The maximum Gasteiger partial charge on any atom is 0.319 e. The lowest BCUT2D eigenvalue weighted by molar-refractivity contribution is -0.111. The molecular weight excluding hydrogens is 608 g/mol. The molecule has 5 amide bonds. The Morgan fingerprint density at radius 3 is 2.38 bits per heavy atom. The van der Waals surface area contributed by atoms with Gasteiger partial charge in [-0.25, -0.2) is 4.79 Å². The number of benzene rings is 2. The molecule has 0 fully saturated rings. The summed E-state index contributed by atoms with van der Waals surface area (Å²) >= 11 is 0. The molecule has 1 atom stereocenters. The Bertz CT molecular complexity index is 1770. The lowest BCUT2D eigenvalue weighted by Crippen LogP contribution is -2.51. The fourth-order valence-electron chi connectivity index (χ4n) is 5.22. The zero-order chi connectivity index (χ0) is 35.0. The van der Waals surface area contributed by atoms with Crippen LogP contribution in [0.1, 0.15) is 52.7 Å². The topological polar surface area (TPSA) is 152 Å². The van der Waals surface area contributed by atoms with E-state index in [4.69, 9.17) is 0 Å². The Labute approximate surface area is 280 Å². The number of nitrogens with zero attached hydrogens (tertiary/aromatic N) is 3. The van der Waals surface area contributed by atoms with Crippen LogP contribution in [-0.4, -0.2) is 70.4 Å². The van der Waals surface area contributed by atoms with Crippen molar-refractivity contribution in [2.75, 3.05) is 36.6 Å². The second-order valence-corrected chi connectivity index (χ2v) is 12.1. The highest BCUT2D eigenvalue weighted by Crippen LogP contribution is 2.40. The van der Waals surface area contributed by atoms with E-state index in [1.54, 1.807) is 53.4 Å². The number of hydrogen-bond acceptors (Lipinski definition) is 6. The highest BCUT2D eigenvalue weighted by molar-refractivity contribution is 6.07. The van der Waals surface area contributed by atoms with Crippen LogP contribution in [0.2, 0.25) is 0 Å². The summed E-state index contributed by atoms with van der Waals surface area (Å²) in [6.07, 6.45) is 8.75. The zero-order valence-electron chi connectivity index (χ0n) is 27.9. The number of carbonyl (C=O) groups excluding carboxylic acids is 4. The van der Waals surface area contributed by atoms with Crippen molar-refractivity contribution in [3.05, 3.63) is 120 Å². The van der Waals surface area contributed by atoms with Crippen molar-refractivity contribution < 1.29 is 19.2 Å². The predicted molar refractivity (Wildman–Crippen MR) is 189 cm³/mol. The number of anilines is 3. The van der Waals surface area contributed by atoms with Crippen LogP contribution in [0, 0.1) is 0 Å². The Balaban J connectivity index is 1.43. The molecule has 12 nitrogen and oxygen atoms in total. The summed E-state index contributed by atoms with van der Waals surface area (Å²) < 4.78 is 0. The average molecular weight is 651 g/mol. The highest BCUT2D eigenvalue weighted by atomic mass is 16.2. The summed E-state index contributed by atoms with van der Waals surface area (Å²) in [7, 11) is 3.87. The van der Waals surface area contributed by atoms with Gasteiger partial charge in [-0.05, 0) is 89.0 Å². The number of aromatic amines is 1. The monoisotopic (exact) mass is 650 g/mol. The molecule has 12 heteroatoms. The molecule has 1 aromatic heterocycles. The second-order valence-electron chi connectivity index (χ2n) is 12.1. The third-order valence-corrected chi connectivity index (χ3v) is 7.84. The summed E-state index contributed by atoms with van der Waals surface area (Å²) in [5.41, 5.74) is 3.08. The Kier molecular flexibility index (Phi) is 11.1. The SMILES string of the molecule is C=CC(=O)Nc1ccc(C(=O)Nc2cccc(C(=O)Nc3n[nH]c4c3CN(C(=O)N[C@H](CN(C)C)C(=C)/C=C\C=C/C)C4(C)C)c2)cc1. The van der Waals surface area contributed by atoms with E-state index < -0.39 is 11.4 Å². The number of carbonyl (C=O) groups is 4. The van der Waals surface area contributed by atoms with Crippen LogP contribution in [0.25, 0.3) is 0 Å². The molecule has 5 N–H and O–H groups in total. The van der Waals surface area contributed by atoms with Crippen molar-refractivity contribution in [3.8, 4) is 0 Å². The number of amides is 5. The van der Waals surface area contributed by atoms with Gasteiger partial charge >= 0.3 is 6.03 Å². The molecule has 0 spiro atoms. The van der Waals surface area contributed by atoms with Gasteiger partial charge in [0.2, 0.25) is 5.91 Å². The van der Waals surface area contributed by atoms with Gasteiger partial charge in [-0.2, -0.15) is 5.10 Å². The van der Waals surface area contributed by atoms with Gasteiger partial charge in [-0.1, -0.05) is 43.5 Å². The number of aromatic nitrogens is 2. The first-order valence-corrected chi connectivity index (χ1v) is 15.4. The molecule has 0 saturated carbocycles. The van der Waals surface area contributed by atoms with Crippen LogP contribution in [0.4, 0.5) is 22.0 Å². The van der Waals surface area contributed by atoms with E-state index in [9.17, 15) is 19.2 Å². The molecule has 2 heterocycles. The molecular formula is C36H42N8O4. The molecule has 4 rings (SSSR count). The quantitative estimate of drug-likeness (QED) is 0.131. The van der Waals surface area contributed by atoms with Gasteiger partial charge in [-0.3, -0.25) is 19.5 Å². The lowest BCUT2D eigenvalue weighted by Gasteiger charge is -2.34. The number of hydrogen-bond donors (Lipinski definition) is 5. The van der Waals surface area contributed by atoms with Crippen molar-refractivity contribution in [1.29, 1.82) is 0 Å². The molecule has 2 aromatic carbocycles. The van der Waals surface area contributed by atoms with Gasteiger partial charge in [0.05, 0.1) is 23.8 Å². The third-order valence-electron chi connectivity index (χ3n) is 7.84. The standard InChI is InChI=1S/C36H42N8O4/c1-8-10-11-13-23(3)29(22-43(6)7)39-35(48)44-21-28-31(36(44,4)5)41-42-32(28)40-34(47)25-14-12-15-27(20-25)38-33(46)24-16-18-26(19-17-24)37-30(45)9-2/h8-20,29H,2-3,21-22H2,1,4-7H3,(H,37,45)(H,38,46)(H,39,48)(H2,40,41,42,47)/b10-8-,13-11-/t29-/m1/s1. The summed E-state index contributed by atoms with van der Waals surface area (Å²) in [4.78, 5) is 55.0. The molecule has 0 saturated heterocycles. The van der Waals surface area contributed by atoms with E-state index in [0.717, 1.165) is 17.3 Å². The van der Waals surface area contributed by atoms with E-state index >= 15 is 0 Å². The van der Waals surface area contributed by atoms with Crippen molar-refractivity contribution >= 4 is 40.9 Å². The first-order valence-electron chi connectivity index (χ1n) is 15.4. The van der Waals surface area contributed by atoms with Crippen LogP contribution in [0.5, 0.6) is 0 Å². The number of urea groups is 1. The van der Waals surface area contributed by atoms with E-state index in [1.807, 2.05) is 64.1 Å². The van der Waals surface area contributed by atoms with Crippen LogP contribution in [0.3, 0.4) is 0 Å². The molecule has 0 unspecified atom stereocenters. The molecule has 0 aliphatic carbocycles. The van der Waals surface area contributed by atoms with Crippen molar-refractivity contribution in [3.63, 3.8) is 0 Å². The van der Waals surface area contributed by atoms with E-state index in [1.165, 1.54) is 0 Å². The normalized spacial score (nSPS) is 14.1. The van der Waals surface area contributed by atoms with Crippen LogP contribution in [0.15, 0.2) is 97.6 Å². The molecule has 3 aromatic rings. The van der Waals surface area contributed by atoms with Gasteiger partial charge in [-0.15, -0.1) is 0 Å². The Hall–Kier alpha value is -5.75. The van der Waals surface area contributed by atoms with Gasteiger partial charge in [0.25, 0.3) is 11.8 Å². The smallest absolute Gasteiger partial charge is 0.319 e. The van der Waals surface area contributed by atoms with Crippen LogP contribution >= 0.6 is 0 Å². The third kappa shape index (κ3) is 8.34. The summed E-state index contributed by atoms with van der Waals surface area (Å²) in [5, 5.41) is 18.8. The van der Waals surface area contributed by atoms with E-state index in [0.29, 0.717) is 40.4 Å². The van der Waals surface area contributed by atoms with Crippen molar-refractivity contribution in [2.45, 2.75) is 38.9 Å². The van der Waals surface area contributed by atoms with E-state index in [2.05, 4.69) is 44.6 Å². The Morgan fingerprint density at radius 2 is 1.71 bits per heavy atom. The zero-order valence-corrected chi connectivity index (χ0v) is 27.9. The second kappa shape index (κ2) is 15.2. The molecule has 0 bridgehead atoms. The number of allylic oxidation sites excluding steroid dienone is 3.